The Kier molecular flexibility index (Phi) is 6.43. The lowest BCUT2D eigenvalue weighted by Gasteiger charge is -2.28. The second-order valence-corrected chi connectivity index (χ2v) is 6.08. The lowest BCUT2D eigenvalue weighted by atomic mass is 10.0. The number of hydrogen-bond donors (Lipinski definition) is 2. The van der Waals surface area contributed by atoms with Crippen LogP contribution in [0.5, 0.6) is 5.75 Å². The predicted octanol–water partition coefficient (Wildman–Crippen LogP) is 3.16. The first-order chi connectivity index (χ1) is 9.31. The molecule has 2 atom stereocenters. The molecule has 0 bridgehead atoms. The first-order valence-corrected chi connectivity index (χ1v) is 7.19. The van der Waals surface area contributed by atoms with Crippen LogP contribution < -0.4 is 5.32 Å². The molecular formula is C16H27FN2O. The zero-order chi connectivity index (χ0) is 15.3. The lowest BCUT2D eigenvalue weighted by Crippen LogP contribution is -2.39. The van der Waals surface area contributed by atoms with Crippen LogP contribution in [0.4, 0.5) is 4.39 Å². The first kappa shape index (κ1) is 16.9. The Labute approximate surface area is 121 Å². The van der Waals surface area contributed by atoms with E-state index >= 15 is 0 Å². The second-order valence-electron chi connectivity index (χ2n) is 6.08. The summed E-state index contributed by atoms with van der Waals surface area (Å²) in [6.07, 6.45) is 1.10. The highest BCUT2D eigenvalue weighted by Gasteiger charge is 2.16. The third kappa shape index (κ3) is 5.10. The fourth-order valence-corrected chi connectivity index (χ4v) is 2.32. The first-order valence-electron chi connectivity index (χ1n) is 7.19. The molecule has 0 aliphatic heterocycles. The summed E-state index contributed by atoms with van der Waals surface area (Å²) in [6, 6.07) is 4.40. The highest BCUT2D eigenvalue weighted by atomic mass is 19.1. The molecule has 0 aromatic heterocycles. The van der Waals surface area contributed by atoms with Gasteiger partial charge >= 0.3 is 0 Å². The molecule has 4 heteroatoms. The smallest absolute Gasteiger partial charge is 0.123 e. The van der Waals surface area contributed by atoms with Crippen LogP contribution in [0.2, 0.25) is 0 Å². The molecule has 1 aromatic carbocycles. The monoisotopic (exact) mass is 282 g/mol. The average Bonchev–Trinajstić information content (AvgIpc) is 2.36. The van der Waals surface area contributed by atoms with Gasteiger partial charge in [0, 0.05) is 24.2 Å². The number of halogens is 1. The molecule has 0 spiro atoms. The van der Waals surface area contributed by atoms with Crippen LogP contribution in [0.25, 0.3) is 0 Å². The molecule has 0 aliphatic rings. The Balaban J connectivity index is 2.65. The third-order valence-electron chi connectivity index (χ3n) is 3.59. The van der Waals surface area contributed by atoms with Crippen molar-refractivity contribution in [1.82, 2.24) is 10.2 Å². The van der Waals surface area contributed by atoms with Crippen LogP contribution in [0.15, 0.2) is 18.2 Å². The molecule has 0 amide bonds. The maximum absolute atomic E-state index is 13.3. The maximum atomic E-state index is 13.3. The zero-order valence-electron chi connectivity index (χ0n) is 13.2. The number of phenolic OH excluding ortho intramolecular Hbond substituents is 1. The number of phenols is 1. The predicted molar refractivity (Wildman–Crippen MR) is 81.4 cm³/mol. The molecular weight excluding hydrogens is 255 g/mol. The summed E-state index contributed by atoms with van der Waals surface area (Å²) in [6.45, 7) is 7.16. The van der Waals surface area contributed by atoms with Gasteiger partial charge < -0.3 is 15.3 Å². The Morgan fingerprint density at radius 3 is 2.45 bits per heavy atom. The molecule has 1 rings (SSSR count). The number of hydrogen-bond acceptors (Lipinski definition) is 3. The molecule has 0 fully saturated rings. The SMILES string of the molecule is CC(C)CC(CNC(C)c1cc(F)ccc1O)N(C)C. The van der Waals surface area contributed by atoms with Gasteiger partial charge in [0.15, 0.2) is 0 Å². The van der Waals surface area contributed by atoms with Crippen LogP contribution in [0.1, 0.15) is 38.8 Å². The molecule has 1 aromatic rings. The van der Waals surface area contributed by atoms with Gasteiger partial charge in [0.25, 0.3) is 0 Å². The van der Waals surface area contributed by atoms with E-state index in [-0.39, 0.29) is 17.6 Å². The second kappa shape index (κ2) is 7.60. The van der Waals surface area contributed by atoms with Gasteiger partial charge in [-0.15, -0.1) is 0 Å². The van der Waals surface area contributed by atoms with E-state index in [1.807, 2.05) is 6.92 Å². The van der Waals surface area contributed by atoms with Crippen LogP contribution in [-0.2, 0) is 0 Å². The Hall–Kier alpha value is -1.13. The molecule has 20 heavy (non-hydrogen) atoms. The van der Waals surface area contributed by atoms with E-state index in [9.17, 15) is 9.50 Å². The van der Waals surface area contributed by atoms with E-state index in [1.54, 1.807) is 0 Å². The van der Waals surface area contributed by atoms with Crippen LogP contribution in [0.3, 0.4) is 0 Å². The minimum Gasteiger partial charge on any atom is -0.508 e. The number of likely N-dealkylation sites (N-methyl/N-ethyl adjacent to an activating group) is 1. The zero-order valence-corrected chi connectivity index (χ0v) is 13.2. The summed E-state index contributed by atoms with van der Waals surface area (Å²) in [4.78, 5) is 2.20. The van der Waals surface area contributed by atoms with Crippen molar-refractivity contribution in [2.75, 3.05) is 20.6 Å². The molecule has 0 saturated heterocycles. The molecule has 0 saturated carbocycles. The number of benzene rings is 1. The summed E-state index contributed by atoms with van der Waals surface area (Å²) in [7, 11) is 4.14. The van der Waals surface area contributed by atoms with Crippen LogP contribution in [-0.4, -0.2) is 36.7 Å². The standard InChI is InChI=1S/C16H27FN2O/c1-11(2)8-14(19(4)5)10-18-12(3)15-9-13(17)6-7-16(15)20/h6-7,9,11-12,14,18,20H,8,10H2,1-5H3. The average molecular weight is 282 g/mol. The van der Waals surface area contributed by atoms with E-state index in [4.69, 9.17) is 0 Å². The van der Waals surface area contributed by atoms with E-state index in [1.165, 1.54) is 18.2 Å². The van der Waals surface area contributed by atoms with E-state index in [0.29, 0.717) is 17.5 Å². The van der Waals surface area contributed by atoms with Gasteiger partial charge in [0.2, 0.25) is 0 Å². The lowest BCUT2D eigenvalue weighted by molar-refractivity contribution is 0.241. The molecule has 0 heterocycles. The van der Waals surface area contributed by atoms with Crippen molar-refractivity contribution in [3.05, 3.63) is 29.6 Å². The van der Waals surface area contributed by atoms with Gasteiger partial charge in [-0.05, 0) is 51.6 Å². The normalized spacial score (nSPS) is 14.8. The van der Waals surface area contributed by atoms with Crippen molar-refractivity contribution in [3.8, 4) is 5.75 Å². The maximum Gasteiger partial charge on any atom is 0.123 e. The quantitative estimate of drug-likeness (QED) is 0.806. The van der Waals surface area contributed by atoms with Crippen molar-refractivity contribution in [1.29, 1.82) is 0 Å². The fraction of sp³-hybridized carbons (Fsp3) is 0.625. The van der Waals surface area contributed by atoms with Gasteiger partial charge in [-0.3, -0.25) is 0 Å². The van der Waals surface area contributed by atoms with Crippen molar-refractivity contribution in [2.45, 2.75) is 39.3 Å². The minimum atomic E-state index is -0.321. The highest BCUT2D eigenvalue weighted by Crippen LogP contribution is 2.24. The molecule has 2 N–H and O–H groups in total. The van der Waals surface area contributed by atoms with Crippen molar-refractivity contribution >= 4 is 0 Å². The summed E-state index contributed by atoms with van der Waals surface area (Å²) < 4.78 is 13.3. The molecule has 0 radical (unpaired) electrons. The minimum absolute atomic E-state index is 0.0830. The number of aromatic hydroxyl groups is 1. The largest absolute Gasteiger partial charge is 0.508 e. The van der Waals surface area contributed by atoms with Crippen LogP contribution >= 0.6 is 0 Å². The van der Waals surface area contributed by atoms with Crippen molar-refractivity contribution < 1.29 is 9.50 Å². The topological polar surface area (TPSA) is 35.5 Å². The van der Waals surface area contributed by atoms with E-state index in [2.05, 4.69) is 38.2 Å². The summed E-state index contributed by atoms with van der Waals surface area (Å²) >= 11 is 0. The third-order valence-corrected chi connectivity index (χ3v) is 3.59. The molecule has 114 valence electrons. The summed E-state index contributed by atoms with van der Waals surface area (Å²) in [5.41, 5.74) is 0.604. The van der Waals surface area contributed by atoms with Gasteiger partial charge in [-0.2, -0.15) is 0 Å². The summed E-state index contributed by atoms with van der Waals surface area (Å²) in [5.74, 6) is 0.441. The highest BCUT2D eigenvalue weighted by molar-refractivity contribution is 5.34. The Morgan fingerprint density at radius 2 is 1.90 bits per heavy atom. The number of nitrogens with one attached hydrogen (secondary N) is 1. The Morgan fingerprint density at radius 1 is 1.25 bits per heavy atom. The fourth-order valence-electron chi connectivity index (χ4n) is 2.32. The summed E-state index contributed by atoms with van der Waals surface area (Å²) in [5, 5.41) is 13.2. The van der Waals surface area contributed by atoms with Gasteiger partial charge in [-0.25, -0.2) is 4.39 Å². The van der Waals surface area contributed by atoms with E-state index < -0.39 is 0 Å². The van der Waals surface area contributed by atoms with Crippen molar-refractivity contribution in [3.63, 3.8) is 0 Å². The number of nitrogens with zero attached hydrogens (tertiary/aromatic N) is 1. The molecule has 3 nitrogen and oxygen atoms in total. The van der Waals surface area contributed by atoms with E-state index in [0.717, 1.165) is 13.0 Å². The molecule has 2 unspecified atom stereocenters. The van der Waals surface area contributed by atoms with Gasteiger partial charge in [0.05, 0.1) is 0 Å². The van der Waals surface area contributed by atoms with Crippen molar-refractivity contribution in [2.24, 2.45) is 5.92 Å². The number of rotatable bonds is 7. The van der Waals surface area contributed by atoms with Gasteiger partial charge in [-0.1, -0.05) is 13.8 Å². The Bertz CT molecular complexity index is 421. The van der Waals surface area contributed by atoms with Gasteiger partial charge in [0.1, 0.15) is 11.6 Å². The van der Waals surface area contributed by atoms with Crippen LogP contribution in [0, 0.1) is 11.7 Å². The molecule has 0 aliphatic carbocycles.